The monoisotopic (exact) mass is 404 g/mol. The van der Waals surface area contributed by atoms with Crippen molar-refractivity contribution in [3.63, 3.8) is 0 Å². The van der Waals surface area contributed by atoms with Crippen LogP contribution in [0.25, 0.3) is 0 Å². The van der Waals surface area contributed by atoms with E-state index in [-0.39, 0.29) is 42.3 Å². The van der Waals surface area contributed by atoms with E-state index in [1.54, 1.807) is 13.0 Å². The smallest absolute Gasteiger partial charge is 0.308 e. The molecule has 29 heavy (non-hydrogen) atoms. The number of hydrogen-bond acceptors (Lipinski definition) is 5. The second-order valence-electron chi connectivity index (χ2n) is 7.66. The molecular weight excluding hydrogens is 379 g/mol. The summed E-state index contributed by atoms with van der Waals surface area (Å²) >= 11 is 0. The summed E-state index contributed by atoms with van der Waals surface area (Å²) in [5.41, 5.74) is 0.713. The van der Waals surface area contributed by atoms with Crippen molar-refractivity contribution in [2.75, 3.05) is 11.9 Å². The first kappa shape index (κ1) is 21.0. The first-order valence-corrected chi connectivity index (χ1v) is 9.89. The van der Waals surface area contributed by atoms with Crippen LogP contribution in [0.3, 0.4) is 0 Å². The van der Waals surface area contributed by atoms with Crippen LogP contribution in [0.15, 0.2) is 18.2 Å². The highest BCUT2D eigenvalue weighted by molar-refractivity contribution is 6.05. The molecule has 0 spiro atoms. The zero-order chi connectivity index (χ0) is 21.1. The number of halogens is 1. The fourth-order valence-corrected chi connectivity index (χ4v) is 3.88. The molecule has 1 saturated heterocycles. The SMILES string of the molecule is Cc1ccc(NC(=O)[C@H](C)OC(=O)CCN2C(=O)[C@H]3CCCC[C@H]3C2=O)cc1F. The summed E-state index contributed by atoms with van der Waals surface area (Å²) < 4.78 is 18.7. The Kier molecular flexibility index (Phi) is 6.30. The van der Waals surface area contributed by atoms with Crippen LogP contribution < -0.4 is 5.32 Å². The van der Waals surface area contributed by atoms with Crippen molar-refractivity contribution in [2.45, 2.75) is 52.1 Å². The van der Waals surface area contributed by atoms with Crippen molar-refractivity contribution in [2.24, 2.45) is 11.8 Å². The van der Waals surface area contributed by atoms with Crippen molar-refractivity contribution < 1.29 is 28.3 Å². The average molecular weight is 404 g/mol. The Morgan fingerprint density at radius 1 is 1.21 bits per heavy atom. The topological polar surface area (TPSA) is 92.8 Å². The van der Waals surface area contributed by atoms with Gasteiger partial charge in [0.1, 0.15) is 5.82 Å². The van der Waals surface area contributed by atoms with Gasteiger partial charge in [-0.2, -0.15) is 0 Å². The van der Waals surface area contributed by atoms with Crippen molar-refractivity contribution in [3.05, 3.63) is 29.6 Å². The van der Waals surface area contributed by atoms with Gasteiger partial charge in [-0.3, -0.25) is 24.1 Å². The normalized spacial score (nSPS) is 22.2. The lowest BCUT2D eigenvalue weighted by Gasteiger charge is -2.19. The van der Waals surface area contributed by atoms with Crippen molar-refractivity contribution >= 4 is 29.4 Å². The molecule has 0 unspecified atom stereocenters. The fraction of sp³-hybridized carbons (Fsp3) is 0.524. The number of anilines is 1. The minimum absolute atomic E-state index is 0.0407. The fourth-order valence-electron chi connectivity index (χ4n) is 3.88. The number of benzene rings is 1. The molecule has 3 rings (SSSR count). The molecule has 1 aliphatic carbocycles. The van der Waals surface area contributed by atoms with Crippen LogP contribution in [0.5, 0.6) is 0 Å². The maximum Gasteiger partial charge on any atom is 0.308 e. The van der Waals surface area contributed by atoms with Gasteiger partial charge in [-0.15, -0.1) is 0 Å². The Labute approximate surface area is 168 Å². The number of nitrogens with one attached hydrogen (secondary N) is 1. The maximum absolute atomic E-state index is 13.6. The van der Waals surface area contributed by atoms with E-state index in [4.69, 9.17) is 4.74 Å². The third kappa shape index (κ3) is 4.63. The van der Waals surface area contributed by atoms with Crippen molar-refractivity contribution in [3.8, 4) is 0 Å². The van der Waals surface area contributed by atoms with Crippen LogP contribution in [0, 0.1) is 24.6 Å². The molecule has 2 fully saturated rings. The summed E-state index contributed by atoms with van der Waals surface area (Å²) in [7, 11) is 0. The Bertz CT molecular complexity index is 816. The van der Waals surface area contributed by atoms with Crippen LogP contribution >= 0.6 is 0 Å². The molecule has 1 saturated carbocycles. The van der Waals surface area contributed by atoms with Gasteiger partial charge in [-0.1, -0.05) is 18.9 Å². The number of rotatable bonds is 6. The Balaban J connectivity index is 1.48. The maximum atomic E-state index is 13.6. The molecule has 3 atom stereocenters. The van der Waals surface area contributed by atoms with Crippen molar-refractivity contribution in [1.82, 2.24) is 4.90 Å². The van der Waals surface area contributed by atoms with E-state index in [0.717, 1.165) is 17.7 Å². The van der Waals surface area contributed by atoms with Crippen LogP contribution in [-0.4, -0.2) is 41.2 Å². The van der Waals surface area contributed by atoms with Crippen LogP contribution in [0.1, 0.15) is 44.6 Å². The zero-order valence-corrected chi connectivity index (χ0v) is 16.6. The number of esters is 1. The summed E-state index contributed by atoms with van der Waals surface area (Å²) in [6, 6.07) is 4.27. The van der Waals surface area contributed by atoms with E-state index in [9.17, 15) is 23.6 Å². The Hall–Kier alpha value is -2.77. The van der Waals surface area contributed by atoms with Gasteiger partial charge in [-0.25, -0.2) is 4.39 Å². The summed E-state index contributed by atoms with van der Waals surface area (Å²) in [5, 5.41) is 2.49. The first-order chi connectivity index (χ1) is 13.8. The zero-order valence-electron chi connectivity index (χ0n) is 16.6. The highest BCUT2D eigenvalue weighted by Gasteiger charge is 2.47. The second-order valence-corrected chi connectivity index (χ2v) is 7.66. The van der Waals surface area contributed by atoms with Gasteiger partial charge in [-0.05, 0) is 44.4 Å². The number of likely N-dealkylation sites (tertiary alicyclic amines) is 1. The van der Waals surface area contributed by atoms with E-state index in [0.29, 0.717) is 18.4 Å². The van der Waals surface area contributed by atoms with E-state index in [1.807, 2.05) is 0 Å². The number of aryl methyl sites for hydroxylation is 1. The molecule has 1 aromatic carbocycles. The minimum atomic E-state index is -1.10. The molecule has 1 aliphatic heterocycles. The molecule has 1 N–H and O–H groups in total. The standard InChI is InChI=1S/C21H25FN2O5/c1-12-7-8-14(11-17(12)22)23-19(26)13(2)29-18(25)9-10-24-20(27)15-5-3-4-6-16(15)21(24)28/h7-8,11,13,15-16H,3-6,9-10H2,1-2H3,(H,23,26)/t13-,15-,16+/m0/s1. The summed E-state index contributed by atoms with van der Waals surface area (Å²) in [5.74, 6) is -2.66. The van der Waals surface area contributed by atoms with E-state index in [2.05, 4.69) is 5.32 Å². The summed E-state index contributed by atoms with van der Waals surface area (Å²) in [6.45, 7) is 2.97. The molecule has 8 heteroatoms. The van der Waals surface area contributed by atoms with Gasteiger partial charge < -0.3 is 10.1 Å². The molecule has 0 aromatic heterocycles. The van der Waals surface area contributed by atoms with E-state index >= 15 is 0 Å². The van der Waals surface area contributed by atoms with Crippen LogP contribution in [0.4, 0.5) is 10.1 Å². The number of imide groups is 1. The second kappa shape index (κ2) is 8.71. The number of hydrogen-bond donors (Lipinski definition) is 1. The molecular formula is C21H25FN2O5. The van der Waals surface area contributed by atoms with Gasteiger partial charge in [0, 0.05) is 12.2 Å². The molecule has 3 amide bonds. The lowest BCUT2D eigenvalue weighted by atomic mass is 9.81. The average Bonchev–Trinajstić information content (AvgIpc) is 2.93. The number of carbonyl (C=O) groups excluding carboxylic acids is 4. The third-order valence-electron chi connectivity index (χ3n) is 5.59. The quantitative estimate of drug-likeness (QED) is 0.581. The van der Waals surface area contributed by atoms with E-state index < -0.39 is 23.8 Å². The first-order valence-electron chi connectivity index (χ1n) is 9.89. The summed E-state index contributed by atoms with van der Waals surface area (Å²) in [6.07, 6.45) is 2.04. The van der Waals surface area contributed by atoms with Gasteiger partial charge >= 0.3 is 5.97 Å². The minimum Gasteiger partial charge on any atom is -0.452 e. The number of fused-ring (bicyclic) bond motifs is 1. The van der Waals surface area contributed by atoms with Gasteiger partial charge in [0.2, 0.25) is 11.8 Å². The molecule has 1 heterocycles. The number of amides is 3. The Morgan fingerprint density at radius 3 is 2.41 bits per heavy atom. The third-order valence-corrected chi connectivity index (χ3v) is 5.59. The van der Waals surface area contributed by atoms with Crippen LogP contribution in [-0.2, 0) is 23.9 Å². The molecule has 7 nitrogen and oxygen atoms in total. The molecule has 2 aliphatic rings. The highest BCUT2D eigenvalue weighted by atomic mass is 19.1. The van der Waals surface area contributed by atoms with Crippen LogP contribution in [0.2, 0.25) is 0 Å². The Morgan fingerprint density at radius 2 is 1.83 bits per heavy atom. The predicted molar refractivity (Wildman–Crippen MR) is 102 cm³/mol. The molecule has 0 radical (unpaired) electrons. The van der Waals surface area contributed by atoms with Gasteiger partial charge in [0.25, 0.3) is 5.91 Å². The summed E-state index contributed by atoms with van der Waals surface area (Å²) in [4.78, 5) is 50.2. The van der Waals surface area contributed by atoms with Gasteiger partial charge in [0.05, 0.1) is 18.3 Å². The highest BCUT2D eigenvalue weighted by Crippen LogP contribution is 2.37. The molecule has 1 aromatic rings. The molecule has 156 valence electrons. The lowest BCUT2D eigenvalue weighted by molar-refractivity contribution is -0.154. The van der Waals surface area contributed by atoms with E-state index in [1.165, 1.54) is 19.1 Å². The predicted octanol–water partition coefficient (Wildman–Crippen LogP) is 2.57. The number of carbonyl (C=O) groups is 4. The largest absolute Gasteiger partial charge is 0.452 e. The number of ether oxygens (including phenoxy) is 1. The van der Waals surface area contributed by atoms with Gasteiger partial charge in [0.15, 0.2) is 6.10 Å². The number of nitrogens with zero attached hydrogens (tertiary/aromatic N) is 1. The van der Waals surface area contributed by atoms with Crippen molar-refractivity contribution in [1.29, 1.82) is 0 Å². The lowest BCUT2D eigenvalue weighted by Crippen LogP contribution is -2.35. The molecule has 0 bridgehead atoms.